The molecule has 0 saturated heterocycles. The molecule has 2 heteroatoms. The van der Waals surface area contributed by atoms with Crippen molar-refractivity contribution in [2.24, 2.45) is 0 Å². The van der Waals surface area contributed by atoms with E-state index in [1.54, 1.807) is 0 Å². The van der Waals surface area contributed by atoms with Crippen molar-refractivity contribution in [2.75, 3.05) is 0 Å². The van der Waals surface area contributed by atoms with Gasteiger partial charge in [0.1, 0.15) is 0 Å². The molecule has 0 radical (unpaired) electrons. The average molecular weight is 687 g/mol. The Morgan fingerprint density at radius 1 is 0.259 bits per heavy atom. The van der Waals surface area contributed by atoms with Crippen LogP contribution in [0.2, 0.25) is 0 Å². The zero-order valence-corrected chi connectivity index (χ0v) is 29.5. The van der Waals surface area contributed by atoms with E-state index in [0.29, 0.717) is 0 Å². The van der Waals surface area contributed by atoms with Gasteiger partial charge in [-0.3, -0.25) is 0 Å². The van der Waals surface area contributed by atoms with E-state index in [0.717, 1.165) is 11.4 Å². The quantitative estimate of drug-likeness (QED) is 0.171. The predicted molar refractivity (Wildman–Crippen MR) is 229 cm³/mol. The number of para-hydroxylation sites is 4. The van der Waals surface area contributed by atoms with Crippen LogP contribution >= 0.6 is 0 Å². The van der Waals surface area contributed by atoms with Crippen LogP contribution in [0, 0.1) is 0 Å². The van der Waals surface area contributed by atoms with Crippen molar-refractivity contribution in [3.63, 3.8) is 0 Å². The number of benzene rings is 9. The maximum Gasteiger partial charge on any atom is 0.0547 e. The summed E-state index contributed by atoms with van der Waals surface area (Å²) in [5.74, 6) is 0. The third-order valence-corrected chi connectivity index (χ3v) is 11.1. The Balaban J connectivity index is 1.09. The minimum absolute atomic E-state index is 1.16. The Labute approximate surface area is 313 Å². The van der Waals surface area contributed by atoms with Crippen molar-refractivity contribution in [1.29, 1.82) is 0 Å². The van der Waals surface area contributed by atoms with Crippen LogP contribution in [-0.2, 0) is 0 Å². The number of aromatic nitrogens is 2. The molecule has 0 amide bonds. The van der Waals surface area contributed by atoms with Gasteiger partial charge in [0.15, 0.2) is 0 Å². The monoisotopic (exact) mass is 686 g/mol. The van der Waals surface area contributed by atoms with Gasteiger partial charge >= 0.3 is 0 Å². The lowest BCUT2D eigenvalue weighted by Gasteiger charge is -2.15. The lowest BCUT2D eigenvalue weighted by Crippen LogP contribution is -1.97. The highest BCUT2D eigenvalue weighted by Gasteiger charge is 2.18. The predicted octanol–water partition coefficient (Wildman–Crippen LogP) is 14.0. The summed E-state index contributed by atoms with van der Waals surface area (Å²) >= 11 is 0. The Morgan fingerprint density at radius 3 is 1.54 bits per heavy atom. The first-order valence-corrected chi connectivity index (χ1v) is 18.6. The van der Waals surface area contributed by atoms with E-state index in [9.17, 15) is 0 Å². The van der Waals surface area contributed by atoms with Crippen LogP contribution in [0.4, 0.5) is 0 Å². The smallest absolute Gasteiger partial charge is 0.0547 e. The normalized spacial score (nSPS) is 11.7. The minimum atomic E-state index is 1.16. The van der Waals surface area contributed by atoms with Gasteiger partial charge in [0.05, 0.1) is 27.8 Å². The fraction of sp³-hybridized carbons (Fsp3) is 0. The Hall–Kier alpha value is -7.16. The van der Waals surface area contributed by atoms with E-state index in [1.165, 1.54) is 87.8 Å². The van der Waals surface area contributed by atoms with E-state index in [4.69, 9.17) is 0 Å². The summed E-state index contributed by atoms with van der Waals surface area (Å²) in [6.45, 7) is 0. The van der Waals surface area contributed by atoms with Crippen LogP contribution < -0.4 is 0 Å². The molecule has 0 saturated carbocycles. The molecular weight excluding hydrogens is 653 g/mol. The second-order valence-electron chi connectivity index (χ2n) is 14.2. The molecule has 11 aromatic rings. The van der Waals surface area contributed by atoms with E-state index in [2.05, 4.69) is 215 Å². The van der Waals surface area contributed by atoms with Crippen molar-refractivity contribution in [3.8, 4) is 44.8 Å². The summed E-state index contributed by atoms with van der Waals surface area (Å²) < 4.78 is 4.86. The van der Waals surface area contributed by atoms with Gasteiger partial charge in [-0.05, 0) is 93.2 Å². The highest BCUT2D eigenvalue weighted by molar-refractivity contribution is 6.12. The van der Waals surface area contributed by atoms with Gasteiger partial charge in [0, 0.05) is 32.8 Å². The second kappa shape index (κ2) is 12.2. The third kappa shape index (κ3) is 4.81. The Morgan fingerprint density at radius 2 is 0.778 bits per heavy atom. The molecule has 0 atom stereocenters. The zero-order chi connectivity index (χ0) is 35.6. The van der Waals surface area contributed by atoms with Crippen molar-refractivity contribution in [3.05, 3.63) is 206 Å². The molecule has 0 aliphatic rings. The van der Waals surface area contributed by atoms with Crippen LogP contribution in [0.25, 0.3) is 99.1 Å². The second-order valence-corrected chi connectivity index (χ2v) is 14.2. The van der Waals surface area contributed by atoms with Crippen molar-refractivity contribution in [2.45, 2.75) is 0 Å². The van der Waals surface area contributed by atoms with E-state index < -0.39 is 0 Å². The largest absolute Gasteiger partial charge is 0.309 e. The fourth-order valence-corrected chi connectivity index (χ4v) is 8.56. The first-order chi connectivity index (χ1) is 26.8. The number of fused-ring (bicyclic) bond motifs is 7. The maximum atomic E-state index is 2.46. The fourth-order valence-electron chi connectivity index (χ4n) is 8.56. The van der Waals surface area contributed by atoms with Gasteiger partial charge in [-0.25, -0.2) is 0 Å². The molecule has 0 N–H and O–H groups in total. The van der Waals surface area contributed by atoms with Gasteiger partial charge in [-0.1, -0.05) is 152 Å². The molecule has 2 heterocycles. The van der Waals surface area contributed by atoms with Crippen LogP contribution in [0.15, 0.2) is 206 Å². The highest BCUT2D eigenvalue weighted by Crippen LogP contribution is 2.40. The average Bonchev–Trinajstić information content (AvgIpc) is 3.76. The van der Waals surface area contributed by atoms with E-state index in [-0.39, 0.29) is 0 Å². The molecule has 0 spiro atoms. The van der Waals surface area contributed by atoms with Crippen LogP contribution in [-0.4, -0.2) is 9.13 Å². The Bertz CT molecular complexity index is 3220. The Kier molecular flexibility index (Phi) is 6.90. The van der Waals surface area contributed by atoms with Crippen molar-refractivity contribution in [1.82, 2.24) is 9.13 Å². The summed E-state index contributed by atoms with van der Waals surface area (Å²) in [4.78, 5) is 0. The van der Waals surface area contributed by atoms with Crippen LogP contribution in [0.1, 0.15) is 0 Å². The zero-order valence-electron chi connectivity index (χ0n) is 29.5. The highest BCUT2D eigenvalue weighted by atomic mass is 15.0. The van der Waals surface area contributed by atoms with E-state index in [1.807, 2.05) is 0 Å². The summed E-state index contributed by atoms with van der Waals surface area (Å²) in [6.07, 6.45) is 0. The minimum Gasteiger partial charge on any atom is -0.309 e. The molecule has 54 heavy (non-hydrogen) atoms. The lowest BCUT2D eigenvalue weighted by molar-refractivity contribution is 1.18. The molecule has 2 aromatic heterocycles. The third-order valence-electron chi connectivity index (χ3n) is 11.1. The van der Waals surface area contributed by atoms with Gasteiger partial charge in [-0.15, -0.1) is 0 Å². The molecule has 2 nitrogen and oxygen atoms in total. The van der Waals surface area contributed by atoms with Crippen LogP contribution in [0.3, 0.4) is 0 Å². The summed E-state index contributed by atoms with van der Waals surface area (Å²) in [6, 6.07) is 75.3. The summed E-state index contributed by atoms with van der Waals surface area (Å²) in [5.41, 5.74) is 14.3. The van der Waals surface area contributed by atoms with Gasteiger partial charge < -0.3 is 9.13 Å². The van der Waals surface area contributed by atoms with E-state index >= 15 is 0 Å². The van der Waals surface area contributed by atoms with Gasteiger partial charge in [0.2, 0.25) is 0 Å². The number of nitrogens with zero attached hydrogens (tertiary/aromatic N) is 2. The maximum absolute atomic E-state index is 2.46. The summed E-state index contributed by atoms with van der Waals surface area (Å²) in [5, 5.41) is 7.52. The first kappa shape index (κ1) is 30.5. The first-order valence-electron chi connectivity index (χ1n) is 18.6. The SMILES string of the molecule is c1ccc(-n2c3ccccc3c3ccc(-c4ccc5c6ccccc6n(-c6ccccc6-c6cccc(-c7ccc8ccccc8c7)c6)c5c4)cc32)cc1. The van der Waals surface area contributed by atoms with Crippen LogP contribution in [0.5, 0.6) is 0 Å². The van der Waals surface area contributed by atoms with Crippen molar-refractivity contribution < 1.29 is 0 Å². The molecule has 0 unspecified atom stereocenters. The molecule has 9 aromatic carbocycles. The summed E-state index contributed by atoms with van der Waals surface area (Å²) in [7, 11) is 0. The molecular formula is C52H34N2. The molecule has 252 valence electrons. The number of hydrogen-bond donors (Lipinski definition) is 0. The molecule has 0 fully saturated rings. The topological polar surface area (TPSA) is 9.86 Å². The van der Waals surface area contributed by atoms with Gasteiger partial charge in [0.25, 0.3) is 0 Å². The molecule has 0 aliphatic carbocycles. The number of rotatable bonds is 5. The van der Waals surface area contributed by atoms with Crippen molar-refractivity contribution >= 4 is 54.4 Å². The molecule has 0 aliphatic heterocycles. The number of hydrogen-bond acceptors (Lipinski definition) is 0. The molecule has 0 bridgehead atoms. The van der Waals surface area contributed by atoms with Gasteiger partial charge in [-0.2, -0.15) is 0 Å². The standard InChI is InChI=1S/C52H34N2/c1-2-17-42(18-3-1)53-49-23-10-7-20-44(49)46-29-27-39(33-51(46)53)40-28-30-47-45-21-8-11-24-50(45)54(52(47)34-40)48-22-9-6-19-43(48)41-16-12-15-37(32-41)38-26-25-35-13-4-5-14-36(35)31-38/h1-34H. The molecule has 11 rings (SSSR count). The lowest BCUT2D eigenvalue weighted by atomic mass is 9.96.